The number of para-hydroxylation sites is 1. The van der Waals surface area contributed by atoms with Crippen molar-refractivity contribution in [2.24, 2.45) is 4.99 Å². The van der Waals surface area contributed by atoms with Crippen molar-refractivity contribution >= 4 is 35.6 Å². The Morgan fingerprint density at radius 1 is 1.27 bits per heavy atom. The van der Waals surface area contributed by atoms with Crippen molar-refractivity contribution in [3.8, 4) is 0 Å². The van der Waals surface area contributed by atoms with Crippen molar-refractivity contribution in [2.45, 2.75) is 32.6 Å². The third kappa shape index (κ3) is 5.43. The lowest BCUT2D eigenvalue weighted by Gasteiger charge is -2.22. The van der Waals surface area contributed by atoms with Crippen LogP contribution in [0.1, 0.15) is 31.7 Å². The minimum atomic E-state index is 0. The van der Waals surface area contributed by atoms with Crippen LogP contribution in [-0.4, -0.2) is 39.3 Å². The summed E-state index contributed by atoms with van der Waals surface area (Å²) in [5, 5.41) is 3.44. The number of benzene rings is 1. The first-order chi connectivity index (χ1) is 10.4. The Bertz CT molecular complexity index is 465. The Labute approximate surface area is 151 Å². The Morgan fingerprint density at radius 3 is 2.82 bits per heavy atom. The molecule has 0 spiro atoms. The van der Waals surface area contributed by atoms with E-state index in [4.69, 9.17) is 4.74 Å². The fourth-order valence-electron chi connectivity index (χ4n) is 2.58. The fourth-order valence-corrected chi connectivity index (χ4v) is 2.58. The van der Waals surface area contributed by atoms with Gasteiger partial charge in [-0.25, -0.2) is 0 Å². The summed E-state index contributed by atoms with van der Waals surface area (Å²) < 4.78 is 5.58. The molecular formula is C17H28IN3O. The Balaban J connectivity index is 0.00000242. The van der Waals surface area contributed by atoms with Gasteiger partial charge in [0.05, 0.1) is 0 Å². The molecule has 0 aromatic heterocycles. The van der Waals surface area contributed by atoms with E-state index in [0.29, 0.717) is 0 Å². The average molecular weight is 417 g/mol. The fraction of sp³-hybridized carbons (Fsp3) is 0.588. The van der Waals surface area contributed by atoms with Crippen LogP contribution < -0.4 is 10.2 Å². The van der Waals surface area contributed by atoms with Gasteiger partial charge in [0.2, 0.25) is 0 Å². The van der Waals surface area contributed by atoms with Crippen molar-refractivity contribution in [2.75, 3.05) is 38.3 Å². The highest BCUT2D eigenvalue weighted by Gasteiger charge is 2.21. The predicted molar refractivity (Wildman–Crippen MR) is 105 cm³/mol. The average Bonchev–Trinajstić information content (AvgIpc) is 2.94. The molecule has 1 aliphatic heterocycles. The van der Waals surface area contributed by atoms with Gasteiger partial charge in [-0.3, -0.25) is 4.99 Å². The lowest BCUT2D eigenvalue weighted by atomic mass is 10.2. The lowest BCUT2D eigenvalue weighted by molar-refractivity contribution is 0.129. The first kappa shape index (κ1) is 19.2. The van der Waals surface area contributed by atoms with Gasteiger partial charge in [-0.2, -0.15) is 0 Å². The number of hydrogen-bond donors (Lipinski definition) is 1. The van der Waals surface area contributed by atoms with E-state index in [1.165, 1.54) is 17.7 Å². The largest absolute Gasteiger partial charge is 0.381 e. The summed E-state index contributed by atoms with van der Waals surface area (Å²) in [5.74, 6) is 0.966. The first-order valence-electron chi connectivity index (χ1n) is 8.00. The zero-order chi connectivity index (χ0) is 14.9. The summed E-state index contributed by atoms with van der Waals surface area (Å²) in [6.45, 7) is 5.79. The second kappa shape index (κ2) is 10.8. The van der Waals surface area contributed by atoms with E-state index in [9.17, 15) is 0 Å². The Kier molecular flexibility index (Phi) is 9.47. The lowest BCUT2D eigenvalue weighted by Crippen LogP contribution is -2.41. The molecule has 0 saturated carbocycles. The molecule has 0 amide bonds. The molecule has 0 unspecified atom stereocenters. The zero-order valence-electron chi connectivity index (χ0n) is 13.7. The first-order valence-corrected chi connectivity index (χ1v) is 8.00. The quantitative estimate of drug-likeness (QED) is 0.320. The van der Waals surface area contributed by atoms with Gasteiger partial charge in [0, 0.05) is 39.0 Å². The highest BCUT2D eigenvalue weighted by atomic mass is 127. The molecule has 0 aliphatic carbocycles. The van der Waals surface area contributed by atoms with E-state index < -0.39 is 0 Å². The number of rotatable bonds is 7. The molecule has 0 bridgehead atoms. The Morgan fingerprint density at radius 2 is 2.05 bits per heavy atom. The molecule has 1 aromatic carbocycles. The van der Waals surface area contributed by atoms with Crippen LogP contribution in [-0.2, 0) is 11.2 Å². The third-order valence-corrected chi connectivity index (χ3v) is 3.75. The molecule has 124 valence electrons. The van der Waals surface area contributed by atoms with Gasteiger partial charge in [-0.1, -0.05) is 31.5 Å². The van der Waals surface area contributed by atoms with Gasteiger partial charge >= 0.3 is 0 Å². The molecule has 0 saturated heterocycles. The number of halogens is 1. The van der Waals surface area contributed by atoms with Crippen LogP contribution in [0.3, 0.4) is 0 Å². The van der Waals surface area contributed by atoms with Crippen LogP contribution in [0.25, 0.3) is 0 Å². The van der Waals surface area contributed by atoms with Gasteiger partial charge in [0.15, 0.2) is 5.96 Å². The number of unbranched alkanes of at least 4 members (excludes halogenated alkanes) is 1. The highest BCUT2D eigenvalue weighted by Crippen LogP contribution is 2.27. The maximum atomic E-state index is 5.58. The van der Waals surface area contributed by atoms with Crippen molar-refractivity contribution in [1.82, 2.24) is 5.32 Å². The van der Waals surface area contributed by atoms with Crippen molar-refractivity contribution < 1.29 is 4.74 Å². The van der Waals surface area contributed by atoms with E-state index in [1.807, 2.05) is 7.05 Å². The van der Waals surface area contributed by atoms with Crippen molar-refractivity contribution in [3.05, 3.63) is 29.8 Å². The van der Waals surface area contributed by atoms with Gasteiger partial charge < -0.3 is 15.0 Å². The summed E-state index contributed by atoms with van der Waals surface area (Å²) in [5.41, 5.74) is 2.69. The number of fused-ring (bicyclic) bond motifs is 1. The topological polar surface area (TPSA) is 36.9 Å². The summed E-state index contributed by atoms with van der Waals surface area (Å²) in [7, 11) is 1.85. The molecule has 1 aromatic rings. The second-order valence-electron chi connectivity index (χ2n) is 5.32. The summed E-state index contributed by atoms with van der Waals surface area (Å²) >= 11 is 0. The number of aliphatic imine (C=N–C) groups is 1. The maximum absolute atomic E-state index is 5.58. The zero-order valence-corrected chi connectivity index (χ0v) is 16.0. The van der Waals surface area contributed by atoms with E-state index >= 15 is 0 Å². The molecule has 5 heteroatoms. The van der Waals surface area contributed by atoms with E-state index in [1.54, 1.807) is 0 Å². The molecule has 0 fully saturated rings. The number of anilines is 1. The number of nitrogens with zero attached hydrogens (tertiary/aromatic N) is 2. The van der Waals surface area contributed by atoms with Gasteiger partial charge in [-0.05, 0) is 30.9 Å². The summed E-state index contributed by atoms with van der Waals surface area (Å²) in [4.78, 5) is 6.68. The number of guanidine groups is 1. The van der Waals surface area contributed by atoms with Crippen LogP contribution >= 0.6 is 24.0 Å². The molecule has 22 heavy (non-hydrogen) atoms. The molecule has 0 radical (unpaired) electrons. The van der Waals surface area contributed by atoms with Crippen LogP contribution in [0.4, 0.5) is 5.69 Å². The number of hydrogen-bond acceptors (Lipinski definition) is 2. The molecule has 4 nitrogen and oxygen atoms in total. The number of ether oxygens (including phenoxy) is 1. The third-order valence-electron chi connectivity index (χ3n) is 3.75. The molecule has 0 atom stereocenters. The van der Waals surface area contributed by atoms with Gasteiger partial charge in [0.25, 0.3) is 0 Å². The summed E-state index contributed by atoms with van der Waals surface area (Å²) in [6, 6.07) is 8.56. The smallest absolute Gasteiger partial charge is 0.198 e. The van der Waals surface area contributed by atoms with Crippen LogP contribution in [0.5, 0.6) is 0 Å². The monoisotopic (exact) mass is 417 g/mol. The second-order valence-corrected chi connectivity index (χ2v) is 5.32. The highest BCUT2D eigenvalue weighted by molar-refractivity contribution is 14.0. The van der Waals surface area contributed by atoms with Crippen molar-refractivity contribution in [1.29, 1.82) is 0 Å². The molecule has 1 N–H and O–H groups in total. The molecule has 1 aliphatic rings. The molecular weight excluding hydrogens is 389 g/mol. The van der Waals surface area contributed by atoms with E-state index in [2.05, 4.69) is 46.4 Å². The van der Waals surface area contributed by atoms with Crippen LogP contribution in [0, 0.1) is 0 Å². The maximum Gasteiger partial charge on any atom is 0.198 e. The normalized spacial score (nSPS) is 13.7. The minimum absolute atomic E-state index is 0. The van der Waals surface area contributed by atoms with Gasteiger partial charge in [-0.15, -0.1) is 24.0 Å². The van der Waals surface area contributed by atoms with Crippen LogP contribution in [0.2, 0.25) is 0 Å². The minimum Gasteiger partial charge on any atom is -0.381 e. The SMILES string of the molecule is CCCCOCCCNC(=NC)N1CCc2ccccc21.I. The standard InChI is InChI=1S/C17H27N3O.HI/c1-3-4-13-21-14-7-11-19-17(18-2)20-12-10-15-8-5-6-9-16(15)20;/h5-6,8-9H,3-4,7,10-14H2,1-2H3,(H,18,19);1H. The molecule has 1 heterocycles. The molecule has 2 rings (SSSR count). The number of nitrogens with one attached hydrogen (secondary N) is 1. The van der Waals surface area contributed by atoms with E-state index in [0.717, 1.165) is 51.5 Å². The van der Waals surface area contributed by atoms with Gasteiger partial charge in [0.1, 0.15) is 0 Å². The predicted octanol–water partition coefficient (Wildman–Crippen LogP) is 3.45. The Hall–Kier alpha value is -0.820. The summed E-state index contributed by atoms with van der Waals surface area (Å²) in [6.07, 6.45) is 4.45. The van der Waals surface area contributed by atoms with Crippen LogP contribution in [0.15, 0.2) is 29.3 Å². The van der Waals surface area contributed by atoms with Crippen molar-refractivity contribution in [3.63, 3.8) is 0 Å². The van der Waals surface area contributed by atoms with E-state index in [-0.39, 0.29) is 24.0 Å².